The van der Waals surface area contributed by atoms with E-state index < -0.39 is 4.92 Å². The van der Waals surface area contributed by atoms with E-state index in [4.69, 9.17) is 4.74 Å². The van der Waals surface area contributed by atoms with Gasteiger partial charge in [-0.2, -0.15) is 0 Å². The molecule has 86 valence electrons. The summed E-state index contributed by atoms with van der Waals surface area (Å²) in [7, 11) is 0. The molecule has 1 aliphatic heterocycles. The zero-order chi connectivity index (χ0) is 11.5. The van der Waals surface area contributed by atoms with Crippen LogP contribution in [0.25, 0.3) is 0 Å². The second kappa shape index (κ2) is 4.90. The molecule has 1 heterocycles. The summed E-state index contributed by atoms with van der Waals surface area (Å²) in [4.78, 5) is 10.2. The molecule has 1 fully saturated rings. The van der Waals surface area contributed by atoms with Crippen molar-refractivity contribution < 1.29 is 9.66 Å². The van der Waals surface area contributed by atoms with Crippen LogP contribution in [0.5, 0.6) is 0 Å². The van der Waals surface area contributed by atoms with Gasteiger partial charge in [-0.3, -0.25) is 10.1 Å². The van der Waals surface area contributed by atoms with Crippen molar-refractivity contribution in [3.8, 4) is 0 Å². The second-order valence-corrected chi connectivity index (χ2v) is 4.38. The second-order valence-electron chi connectivity index (χ2n) is 3.53. The van der Waals surface area contributed by atoms with Crippen LogP contribution in [0.3, 0.4) is 0 Å². The molecule has 0 amide bonds. The number of hydrogen-bond acceptors (Lipinski definition) is 4. The van der Waals surface area contributed by atoms with Crippen molar-refractivity contribution in [3.05, 3.63) is 38.3 Å². The van der Waals surface area contributed by atoms with Crippen LogP contribution in [0.15, 0.2) is 22.7 Å². The molecule has 1 saturated heterocycles. The van der Waals surface area contributed by atoms with Gasteiger partial charge in [0.2, 0.25) is 0 Å². The van der Waals surface area contributed by atoms with Gasteiger partial charge in [0, 0.05) is 29.7 Å². The van der Waals surface area contributed by atoms with Crippen LogP contribution in [0.2, 0.25) is 0 Å². The van der Waals surface area contributed by atoms with Crippen molar-refractivity contribution in [2.75, 3.05) is 19.7 Å². The molecule has 0 aliphatic carbocycles. The largest absolute Gasteiger partial charge is 0.371 e. The van der Waals surface area contributed by atoms with Gasteiger partial charge >= 0.3 is 0 Å². The van der Waals surface area contributed by atoms with Crippen molar-refractivity contribution in [3.63, 3.8) is 0 Å². The Kier molecular flexibility index (Phi) is 3.52. The maximum atomic E-state index is 10.6. The monoisotopic (exact) mass is 286 g/mol. The molecule has 1 aliphatic rings. The fourth-order valence-corrected chi connectivity index (χ4v) is 2.28. The number of benzene rings is 1. The molecule has 0 saturated carbocycles. The fourth-order valence-electron chi connectivity index (χ4n) is 1.66. The van der Waals surface area contributed by atoms with Crippen molar-refractivity contribution in [2.24, 2.45) is 0 Å². The number of nitro groups is 1. The van der Waals surface area contributed by atoms with Crippen molar-refractivity contribution in [1.82, 2.24) is 5.32 Å². The van der Waals surface area contributed by atoms with E-state index in [1.165, 1.54) is 12.1 Å². The highest BCUT2D eigenvalue weighted by atomic mass is 79.9. The predicted octanol–water partition coefficient (Wildman–Crippen LogP) is 2.02. The molecule has 0 spiro atoms. The van der Waals surface area contributed by atoms with Crippen LogP contribution >= 0.6 is 15.9 Å². The first kappa shape index (κ1) is 11.5. The van der Waals surface area contributed by atoms with Crippen LogP contribution < -0.4 is 5.32 Å². The van der Waals surface area contributed by atoms with Crippen LogP contribution in [0.1, 0.15) is 11.7 Å². The zero-order valence-electron chi connectivity index (χ0n) is 8.48. The van der Waals surface area contributed by atoms with Gasteiger partial charge in [0.15, 0.2) is 0 Å². The van der Waals surface area contributed by atoms with E-state index in [0.717, 1.165) is 23.1 Å². The SMILES string of the molecule is O=[N+]([O-])c1ccc(C2CNCCO2)c(Br)c1. The molecule has 1 aromatic rings. The van der Waals surface area contributed by atoms with E-state index in [1.54, 1.807) is 6.07 Å². The van der Waals surface area contributed by atoms with E-state index in [-0.39, 0.29) is 11.8 Å². The summed E-state index contributed by atoms with van der Waals surface area (Å²) < 4.78 is 6.30. The van der Waals surface area contributed by atoms with E-state index in [0.29, 0.717) is 6.61 Å². The Hall–Kier alpha value is -0.980. The Morgan fingerprint density at radius 2 is 2.38 bits per heavy atom. The number of halogens is 1. The summed E-state index contributed by atoms with van der Waals surface area (Å²) in [5.41, 5.74) is 1.03. The third kappa shape index (κ3) is 2.40. The minimum Gasteiger partial charge on any atom is -0.371 e. The van der Waals surface area contributed by atoms with Gasteiger partial charge in [0.05, 0.1) is 17.6 Å². The van der Waals surface area contributed by atoms with E-state index >= 15 is 0 Å². The summed E-state index contributed by atoms with van der Waals surface area (Å²) >= 11 is 3.34. The topological polar surface area (TPSA) is 64.4 Å². The highest BCUT2D eigenvalue weighted by molar-refractivity contribution is 9.10. The quantitative estimate of drug-likeness (QED) is 0.667. The lowest BCUT2D eigenvalue weighted by Gasteiger charge is -2.24. The zero-order valence-corrected chi connectivity index (χ0v) is 10.1. The first-order valence-electron chi connectivity index (χ1n) is 4.94. The molecule has 2 rings (SSSR count). The minimum atomic E-state index is -0.408. The van der Waals surface area contributed by atoms with Crippen molar-refractivity contribution in [1.29, 1.82) is 0 Å². The average molecular weight is 287 g/mol. The Balaban J connectivity index is 2.24. The molecule has 0 aromatic heterocycles. The lowest BCUT2D eigenvalue weighted by molar-refractivity contribution is -0.385. The minimum absolute atomic E-state index is 0.0380. The maximum Gasteiger partial charge on any atom is 0.270 e. The molecule has 1 N–H and O–H groups in total. The Labute approximate surface area is 101 Å². The predicted molar refractivity (Wildman–Crippen MR) is 62.4 cm³/mol. The molecular formula is C10H11BrN2O3. The Bertz CT molecular complexity index is 405. The van der Waals surface area contributed by atoms with Crippen LogP contribution in [-0.4, -0.2) is 24.6 Å². The van der Waals surface area contributed by atoms with Gasteiger partial charge in [-0.25, -0.2) is 0 Å². The van der Waals surface area contributed by atoms with E-state index in [2.05, 4.69) is 21.2 Å². The number of rotatable bonds is 2. The Morgan fingerprint density at radius 1 is 1.56 bits per heavy atom. The third-order valence-electron chi connectivity index (χ3n) is 2.47. The Morgan fingerprint density at radius 3 is 2.94 bits per heavy atom. The molecule has 5 nitrogen and oxygen atoms in total. The van der Waals surface area contributed by atoms with Gasteiger partial charge in [0.25, 0.3) is 5.69 Å². The van der Waals surface area contributed by atoms with E-state index in [9.17, 15) is 10.1 Å². The summed E-state index contributed by atoms with van der Waals surface area (Å²) in [6, 6.07) is 4.74. The van der Waals surface area contributed by atoms with Gasteiger partial charge in [-0.05, 0) is 11.6 Å². The van der Waals surface area contributed by atoms with Crippen molar-refractivity contribution >= 4 is 21.6 Å². The molecule has 6 heteroatoms. The molecular weight excluding hydrogens is 276 g/mol. The van der Waals surface area contributed by atoms with Gasteiger partial charge in [0.1, 0.15) is 0 Å². The molecule has 1 unspecified atom stereocenters. The summed E-state index contributed by atoms with van der Waals surface area (Å²) in [6.07, 6.45) is -0.0380. The normalized spacial score (nSPS) is 20.7. The number of hydrogen-bond donors (Lipinski definition) is 1. The lowest BCUT2D eigenvalue weighted by atomic mass is 10.1. The number of nitrogens with zero attached hydrogens (tertiary/aromatic N) is 1. The summed E-state index contributed by atoms with van der Waals surface area (Å²) in [6.45, 7) is 2.24. The van der Waals surface area contributed by atoms with Gasteiger partial charge in [-0.15, -0.1) is 0 Å². The lowest BCUT2D eigenvalue weighted by Crippen LogP contribution is -2.33. The fraction of sp³-hybridized carbons (Fsp3) is 0.400. The third-order valence-corrected chi connectivity index (χ3v) is 3.16. The number of nitro benzene ring substituents is 1. The summed E-state index contributed by atoms with van der Waals surface area (Å²) in [5, 5.41) is 13.8. The highest BCUT2D eigenvalue weighted by Crippen LogP contribution is 2.29. The van der Waals surface area contributed by atoms with E-state index in [1.807, 2.05) is 0 Å². The van der Waals surface area contributed by atoms with Crippen LogP contribution in [0, 0.1) is 10.1 Å². The van der Waals surface area contributed by atoms with Gasteiger partial charge in [-0.1, -0.05) is 15.9 Å². The van der Waals surface area contributed by atoms with Crippen molar-refractivity contribution in [2.45, 2.75) is 6.10 Å². The number of ether oxygens (including phenoxy) is 1. The number of nitrogens with one attached hydrogen (secondary N) is 1. The summed E-state index contributed by atoms with van der Waals surface area (Å²) in [5.74, 6) is 0. The van der Waals surface area contributed by atoms with Crippen LogP contribution in [-0.2, 0) is 4.74 Å². The number of morpholine rings is 1. The first-order chi connectivity index (χ1) is 7.68. The highest BCUT2D eigenvalue weighted by Gasteiger charge is 2.19. The maximum absolute atomic E-state index is 10.6. The number of non-ortho nitro benzene ring substituents is 1. The standard InChI is InChI=1S/C10H11BrN2O3/c11-9-5-7(13(14)15)1-2-8(9)10-6-12-3-4-16-10/h1-2,5,10,12H,3-4,6H2. The molecule has 0 radical (unpaired) electrons. The average Bonchev–Trinajstić information content (AvgIpc) is 2.30. The van der Waals surface area contributed by atoms with Gasteiger partial charge < -0.3 is 10.1 Å². The smallest absolute Gasteiger partial charge is 0.270 e. The molecule has 1 aromatic carbocycles. The van der Waals surface area contributed by atoms with Crippen LogP contribution in [0.4, 0.5) is 5.69 Å². The molecule has 1 atom stereocenters. The first-order valence-corrected chi connectivity index (χ1v) is 5.74. The molecule has 0 bridgehead atoms. The molecule has 16 heavy (non-hydrogen) atoms.